The standard InChI is InChI=1S/C20H17NO6/c1-11-3-5-14(7-12(11)2)25-10-18(22)26-15-6-4-13-8-16(19(21)23)20(24)27-17(13)9-15/h3-9H,10H2,1-2H3,(H2,21,23). The van der Waals surface area contributed by atoms with Crippen LogP contribution in [0.3, 0.4) is 0 Å². The molecule has 0 atom stereocenters. The molecule has 0 aliphatic rings. The van der Waals surface area contributed by atoms with Crippen LogP contribution in [0.2, 0.25) is 0 Å². The minimum absolute atomic E-state index is 0.172. The van der Waals surface area contributed by atoms with Crippen molar-refractivity contribution in [2.75, 3.05) is 6.61 Å². The van der Waals surface area contributed by atoms with E-state index in [0.717, 1.165) is 11.1 Å². The van der Waals surface area contributed by atoms with Crippen molar-refractivity contribution >= 4 is 22.8 Å². The maximum absolute atomic E-state index is 12.0. The van der Waals surface area contributed by atoms with Gasteiger partial charge in [-0.05, 0) is 55.3 Å². The SMILES string of the molecule is Cc1ccc(OCC(=O)Oc2ccc3cc(C(N)=O)c(=O)oc3c2)cc1C. The van der Waals surface area contributed by atoms with Crippen LogP contribution in [0, 0.1) is 13.8 Å². The predicted molar refractivity (Wildman–Crippen MR) is 98.0 cm³/mol. The fourth-order valence-electron chi connectivity index (χ4n) is 2.43. The zero-order valence-corrected chi connectivity index (χ0v) is 14.8. The van der Waals surface area contributed by atoms with Crippen molar-refractivity contribution in [2.24, 2.45) is 5.73 Å². The second kappa shape index (κ2) is 7.33. The average molecular weight is 367 g/mol. The Morgan fingerprint density at radius 2 is 1.74 bits per heavy atom. The number of carbonyl (C=O) groups excluding carboxylic acids is 2. The second-order valence-electron chi connectivity index (χ2n) is 6.02. The van der Waals surface area contributed by atoms with Crippen LogP contribution in [0.25, 0.3) is 11.0 Å². The van der Waals surface area contributed by atoms with Gasteiger partial charge < -0.3 is 19.6 Å². The Morgan fingerprint density at radius 1 is 1.00 bits per heavy atom. The Hall–Kier alpha value is -3.61. The topological polar surface area (TPSA) is 109 Å². The van der Waals surface area contributed by atoms with E-state index in [2.05, 4.69) is 0 Å². The van der Waals surface area contributed by atoms with E-state index in [1.807, 2.05) is 26.0 Å². The number of hydrogen-bond donors (Lipinski definition) is 1. The highest BCUT2D eigenvalue weighted by atomic mass is 16.6. The summed E-state index contributed by atoms with van der Waals surface area (Å²) in [5.41, 5.74) is 6.38. The van der Waals surface area contributed by atoms with Crippen LogP contribution < -0.4 is 20.8 Å². The summed E-state index contributed by atoms with van der Waals surface area (Å²) in [6.07, 6.45) is 0. The number of ether oxygens (including phenoxy) is 2. The van der Waals surface area contributed by atoms with Crippen LogP contribution in [-0.2, 0) is 4.79 Å². The van der Waals surface area contributed by atoms with E-state index < -0.39 is 17.5 Å². The molecule has 2 N–H and O–H groups in total. The monoisotopic (exact) mass is 367 g/mol. The fraction of sp³-hybridized carbons (Fsp3) is 0.150. The molecule has 1 aromatic heterocycles. The molecule has 0 bridgehead atoms. The van der Waals surface area contributed by atoms with Gasteiger partial charge in [-0.1, -0.05) is 6.07 Å². The largest absolute Gasteiger partial charge is 0.482 e. The van der Waals surface area contributed by atoms with Gasteiger partial charge in [-0.15, -0.1) is 0 Å². The number of primary amides is 1. The fourth-order valence-corrected chi connectivity index (χ4v) is 2.43. The summed E-state index contributed by atoms with van der Waals surface area (Å²) in [4.78, 5) is 34.9. The van der Waals surface area contributed by atoms with Gasteiger partial charge in [0.15, 0.2) is 6.61 Å². The number of nitrogens with two attached hydrogens (primary N) is 1. The normalized spacial score (nSPS) is 10.6. The Balaban J connectivity index is 1.71. The molecule has 0 radical (unpaired) electrons. The molecule has 3 rings (SSSR count). The first-order valence-electron chi connectivity index (χ1n) is 8.12. The summed E-state index contributed by atoms with van der Waals surface area (Å²) in [5, 5.41) is 0.481. The zero-order chi connectivity index (χ0) is 19.6. The highest BCUT2D eigenvalue weighted by Crippen LogP contribution is 2.21. The van der Waals surface area contributed by atoms with Crippen LogP contribution in [0.5, 0.6) is 11.5 Å². The van der Waals surface area contributed by atoms with Crippen molar-refractivity contribution in [3.63, 3.8) is 0 Å². The predicted octanol–water partition coefficient (Wildman–Crippen LogP) is 2.49. The van der Waals surface area contributed by atoms with E-state index in [1.54, 1.807) is 12.1 Å². The lowest BCUT2D eigenvalue weighted by molar-refractivity contribution is -0.136. The molecular formula is C20H17NO6. The summed E-state index contributed by atoms with van der Waals surface area (Å²) < 4.78 is 15.7. The van der Waals surface area contributed by atoms with E-state index in [-0.39, 0.29) is 23.5 Å². The third-order valence-electron chi connectivity index (χ3n) is 4.04. The number of fused-ring (bicyclic) bond motifs is 1. The van der Waals surface area contributed by atoms with Gasteiger partial charge in [-0.25, -0.2) is 9.59 Å². The van der Waals surface area contributed by atoms with Gasteiger partial charge in [-0.2, -0.15) is 0 Å². The van der Waals surface area contributed by atoms with Gasteiger partial charge >= 0.3 is 11.6 Å². The van der Waals surface area contributed by atoms with Crippen molar-refractivity contribution in [1.82, 2.24) is 0 Å². The van der Waals surface area contributed by atoms with Gasteiger partial charge in [0, 0.05) is 11.5 Å². The Labute approximate surface area is 154 Å². The molecule has 27 heavy (non-hydrogen) atoms. The van der Waals surface area contributed by atoms with E-state index in [0.29, 0.717) is 11.1 Å². The van der Waals surface area contributed by atoms with Gasteiger partial charge in [0.25, 0.3) is 5.91 Å². The number of esters is 1. The summed E-state index contributed by atoms with van der Waals surface area (Å²) >= 11 is 0. The molecular weight excluding hydrogens is 350 g/mol. The summed E-state index contributed by atoms with van der Waals surface area (Å²) in [7, 11) is 0. The third-order valence-corrected chi connectivity index (χ3v) is 4.04. The Kier molecular flexibility index (Phi) is 4.94. The first kappa shape index (κ1) is 18.2. The lowest BCUT2D eigenvalue weighted by atomic mass is 10.1. The van der Waals surface area contributed by atoms with Crippen molar-refractivity contribution in [3.8, 4) is 11.5 Å². The van der Waals surface area contributed by atoms with Crippen LogP contribution in [0.4, 0.5) is 0 Å². The summed E-state index contributed by atoms with van der Waals surface area (Å²) in [6, 6.07) is 11.3. The molecule has 1 amide bonds. The van der Waals surface area contributed by atoms with Gasteiger partial charge in [0.05, 0.1) is 0 Å². The number of aryl methyl sites for hydroxylation is 2. The average Bonchev–Trinajstić information content (AvgIpc) is 2.62. The lowest BCUT2D eigenvalue weighted by Crippen LogP contribution is -2.20. The number of benzene rings is 2. The molecule has 138 valence electrons. The van der Waals surface area contributed by atoms with Gasteiger partial charge in [-0.3, -0.25) is 4.79 Å². The van der Waals surface area contributed by atoms with Crippen LogP contribution in [0.15, 0.2) is 51.7 Å². The van der Waals surface area contributed by atoms with E-state index in [1.165, 1.54) is 18.2 Å². The molecule has 2 aromatic carbocycles. The molecule has 0 fully saturated rings. The number of amides is 1. The Bertz CT molecular complexity index is 1100. The minimum atomic E-state index is -0.871. The molecule has 3 aromatic rings. The van der Waals surface area contributed by atoms with Crippen molar-refractivity contribution in [1.29, 1.82) is 0 Å². The molecule has 0 saturated carbocycles. The maximum Gasteiger partial charge on any atom is 0.349 e. The molecule has 0 spiro atoms. The maximum atomic E-state index is 12.0. The van der Waals surface area contributed by atoms with E-state index in [9.17, 15) is 14.4 Å². The van der Waals surface area contributed by atoms with E-state index in [4.69, 9.17) is 19.6 Å². The highest BCUT2D eigenvalue weighted by molar-refractivity contribution is 5.95. The van der Waals surface area contributed by atoms with Crippen LogP contribution in [0.1, 0.15) is 21.5 Å². The lowest BCUT2D eigenvalue weighted by Gasteiger charge is -2.09. The Morgan fingerprint density at radius 3 is 2.44 bits per heavy atom. The molecule has 0 unspecified atom stereocenters. The number of carbonyl (C=O) groups is 2. The smallest absolute Gasteiger partial charge is 0.349 e. The van der Waals surface area contributed by atoms with Gasteiger partial charge in [0.1, 0.15) is 22.6 Å². The van der Waals surface area contributed by atoms with Crippen molar-refractivity contribution < 1.29 is 23.5 Å². The quantitative estimate of drug-likeness (QED) is 0.422. The number of hydrogen-bond acceptors (Lipinski definition) is 6. The van der Waals surface area contributed by atoms with E-state index >= 15 is 0 Å². The first-order chi connectivity index (χ1) is 12.8. The highest BCUT2D eigenvalue weighted by Gasteiger charge is 2.12. The van der Waals surface area contributed by atoms with Gasteiger partial charge in [0.2, 0.25) is 0 Å². The summed E-state index contributed by atoms with van der Waals surface area (Å²) in [6.45, 7) is 3.66. The zero-order valence-electron chi connectivity index (χ0n) is 14.8. The van der Waals surface area contributed by atoms with Crippen LogP contribution in [-0.4, -0.2) is 18.5 Å². The molecule has 7 heteroatoms. The molecule has 7 nitrogen and oxygen atoms in total. The molecule has 0 aliphatic heterocycles. The molecule has 0 saturated heterocycles. The molecule has 0 aliphatic carbocycles. The summed E-state index contributed by atoms with van der Waals surface area (Å²) in [5.74, 6) is -0.724. The van der Waals surface area contributed by atoms with Crippen molar-refractivity contribution in [3.05, 3.63) is 69.6 Å². The molecule has 1 heterocycles. The number of rotatable bonds is 5. The minimum Gasteiger partial charge on any atom is -0.482 e. The second-order valence-corrected chi connectivity index (χ2v) is 6.02. The van der Waals surface area contributed by atoms with Crippen LogP contribution >= 0.6 is 0 Å². The first-order valence-corrected chi connectivity index (χ1v) is 8.12. The van der Waals surface area contributed by atoms with Crippen molar-refractivity contribution in [2.45, 2.75) is 13.8 Å². The third kappa shape index (κ3) is 4.14.